The number of amides is 2. The van der Waals surface area contributed by atoms with Crippen molar-refractivity contribution in [3.05, 3.63) is 52.7 Å². The average Bonchev–Trinajstić information content (AvgIpc) is 2.81. The normalized spacial score (nSPS) is 14.8. The fourth-order valence-corrected chi connectivity index (χ4v) is 3.18. The van der Waals surface area contributed by atoms with Crippen molar-refractivity contribution in [1.82, 2.24) is 10.3 Å². The molecule has 0 bridgehead atoms. The molecule has 1 aliphatic heterocycles. The van der Waals surface area contributed by atoms with Crippen molar-refractivity contribution < 1.29 is 37.8 Å². The molecule has 1 aromatic heterocycles. The number of carbonyl (C=O) groups excluding carboxylic acids is 2. The minimum Gasteiger partial charge on any atom is -0.475 e. The third kappa shape index (κ3) is 8.81. The maximum Gasteiger partial charge on any atom is 0.490 e. The number of carboxylic acids is 1. The highest BCUT2D eigenvalue weighted by Gasteiger charge is 2.38. The third-order valence-electron chi connectivity index (χ3n) is 4.95. The van der Waals surface area contributed by atoms with Crippen LogP contribution in [0.15, 0.2) is 36.5 Å². The number of piperidine rings is 1. The van der Waals surface area contributed by atoms with Crippen molar-refractivity contribution in [2.75, 3.05) is 23.7 Å². The van der Waals surface area contributed by atoms with Crippen LogP contribution in [0.2, 0.25) is 5.02 Å². The second-order valence-electron chi connectivity index (χ2n) is 7.61. The van der Waals surface area contributed by atoms with E-state index in [9.17, 15) is 27.9 Å². The highest BCUT2D eigenvalue weighted by atomic mass is 35.5. The molecule has 1 aromatic carbocycles. The molecule has 2 aromatic rings. The van der Waals surface area contributed by atoms with E-state index in [1.165, 1.54) is 6.20 Å². The molecule has 1 aliphatic rings. The molecule has 0 aliphatic carbocycles. The van der Waals surface area contributed by atoms with Crippen molar-refractivity contribution in [2.45, 2.75) is 32.0 Å². The van der Waals surface area contributed by atoms with E-state index < -0.39 is 24.2 Å². The molecule has 0 radical (unpaired) electrons. The fourth-order valence-electron chi connectivity index (χ4n) is 3.07. The lowest BCUT2D eigenvalue weighted by atomic mass is 9.96. The van der Waals surface area contributed by atoms with E-state index in [-0.39, 0.29) is 17.4 Å². The van der Waals surface area contributed by atoms with Crippen LogP contribution in [0.4, 0.5) is 24.7 Å². The standard InChI is InChI=1S/C20H23ClN4O3.C2HF3O2/c1-12(26)14-2-4-17(24-19(27)13-6-8-22-9-7-13)16(10-14)20(28)25-18-5-3-15(21)11-23-18;3-2(4,5)1(6)7/h2-5,10-13,22,26H,6-9H2,1H3,(H,24,27)(H,23,25,28);(H,6,7). The van der Waals surface area contributed by atoms with Gasteiger partial charge in [0.1, 0.15) is 5.82 Å². The largest absolute Gasteiger partial charge is 0.490 e. The molecule has 13 heteroatoms. The number of benzene rings is 1. The van der Waals surface area contributed by atoms with Crippen LogP contribution in [0.5, 0.6) is 0 Å². The minimum absolute atomic E-state index is 0.0912. The van der Waals surface area contributed by atoms with E-state index in [2.05, 4.69) is 20.9 Å². The van der Waals surface area contributed by atoms with Gasteiger partial charge in [0.25, 0.3) is 5.91 Å². The summed E-state index contributed by atoms with van der Waals surface area (Å²) in [5.41, 5.74) is 1.24. The van der Waals surface area contributed by atoms with E-state index in [0.29, 0.717) is 22.1 Å². The van der Waals surface area contributed by atoms with Crippen LogP contribution in [-0.2, 0) is 9.59 Å². The monoisotopic (exact) mass is 516 g/mol. The van der Waals surface area contributed by atoms with Crippen LogP contribution in [0.3, 0.4) is 0 Å². The number of alkyl halides is 3. The Hall–Kier alpha value is -3.22. The Kier molecular flexibility index (Phi) is 9.99. The van der Waals surface area contributed by atoms with Gasteiger partial charge in [0.05, 0.1) is 22.4 Å². The summed E-state index contributed by atoms with van der Waals surface area (Å²) in [4.78, 5) is 38.4. The van der Waals surface area contributed by atoms with E-state index >= 15 is 0 Å². The Morgan fingerprint density at radius 3 is 2.29 bits per heavy atom. The Morgan fingerprint density at radius 2 is 1.77 bits per heavy atom. The molecular weight excluding hydrogens is 493 g/mol. The van der Waals surface area contributed by atoms with E-state index in [1.807, 2.05) is 0 Å². The van der Waals surface area contributed by atoms with Crippen molar-refractivity contribution >= 4 is 40.9 Å². The van der Waals surface area contributed by atoms with E-state index in [0.717, 1.165) is 25.9 Å². The second kappa shape index (κ2) is 12.5. The zero-order valence-electron chi connectivity index (χ0n) is 18.5. The first kappa shape index (κ1) is 28.0. The van der Waals surface area contributed by atoms with Crippen LogP contribution in [0, 0.1) is 5.92 Å². The molecule has 5 N–H and O–H groups in total. The van der Waals surface area contributed by atoms with Gasteiger partial charge in [0.2, 0.25) is 5.91 Å². The summed E-state index contributed by atoms with van der Waals surface area (Å²) in [6.45, 7) is 3.22. The number of aliphatic hydroxyl groups excluding tert-OH is 1. The fraction of sp³-hybridized carbons (Fsp3) is 0.364. The first-order chi connectivity index (χ1) is 16.4. The zero-order valence-corrected chi connectivity index (χ0v) is 19.3. The van der Waals surface area contributed by atoms with Gasteiger partial charge in [0.15, 0.2) is 0 Å². The van der Waals surface area contributed by atoms with Gasteiger partial charge < -0.3 is 26.2 Å². The molecular formula is C22H24ClF3N4O5. The number of nitrogens with one attached hydrogen (secondary N) is 3. The number of hydrogen-bond acceptors (Lipinski definition) is 6. The Bertz CT molecular complexity index is 1040. The van der Waals surface area contributed by atoms with Crippen LogP contribution in [0.25, 0.3) is 0 Å². The summed E-state index contributed by atoms with van der Waals surface area (Å²) in [5.74, 6) is -3.05. The molecule has 1 fully saturated rings. The van der Waals surface area contributed by atoms with E-state index in [1.54, 1.807) is 37.3 Å². The highest BCUT2D eigenvalue weighted by Crippen LogP contribution is 2.24. The molecule has 1 saturated heterocycles. The summed E-state index contributed by atoms with van der Waals surface area (Å²) in [6.07, 6.45) is -2.88. The molecule has 35 heavy (non-hydrogen) atoms. The van der Waals surface area contributed by atoms with E-state index in [4.69, 9.17) is 21.5 Å². The summed E-state index contributed by atoms with van der Waals surface area (Å²) >= 11 is 5.82. The number of pyridine rings is 1. The molecule has 2 amide bonds. The number of aliphatic carboxylic acids is 1. The molecule has 3 rings (SSSR count). The molecule has 1 unspecified atom stereocenters. The minimum atomic E-state index is -5.08. The zero-order chi connectivity index (χ0) is 26.2. The average molecular weight is 517 g/mol. The number of hydrogen-bond donors (Lipinski definition) is 5. The predicted molar refractivity (Wildman–Crippen MR) is 122 cm³/mol. The third-order valence-corrected chi connectivity index (χ3v) is 5.17. The molecule has 190 valence electrons. The van der Waals surface area contributed by atoms with Crippen LogP contribution >= 0.6 is 11.6 Å². The molecule has 1 atom stereocenters. The lowest BCUT2D eigenvalue weighted by Gasteiger charge is -2.22. The summed E-state index contributed by atoms with van der Waals surface area (Å²) in [5, 5.41) is 26.3. The van der Waals surface area contributed by atoms with Gasteiger partial charge in [-0.05, 0) is 62.7 Å². The molecule has 0 saturated carbocycles. The van der Waals surface area contributed by atoms with Gasteiger partial charge in [0, 0.05) is 12.1 Å². The van der Waals surface area contributed by atoms with Gasteiger partial charge >= 0.3 is 12.1 Å². The van der Waals surface area contributed by atoms with Gasteiger partial charge in [-0.3, -0.25) is 9.59 Å². The van der Waals surface area contributed by atoms with Crippen LogP contribution in [0.1, 0.15) is 41.8 Å². The van der Waals surface area contributed by atoms with Gasteiger partial charge in [-0.2, -0.15) is 13.2 Å². The van der Waals surface area contributed by atoms with Crippen molar-refractivity contribution in [3.63, 3.8) is 0 Å². The Morgan fingerprint density at radius 1 is 1.14 bits per heavy atom. The number of carboxylic acid groups (broad SMARTS) is 1. The number of carbonyl (C=O) groups is 3. The number of halogens is 4. The summed E-state index contributed by atoms with van der Waals surface area (Å²) in [6, 6.07) is 8.13. The molecule has 9 nitrogen and oxygen atoms in total. The summed E-state index contributed by atoms with van der Waals surface area (Å²) < 4.78 is 31.7. The number of anilines is 2. The van der Waals surface area contributed by atoms with Crippen LogP contribution in [-0.4, -0.2) is 52.2 Å². The SMILES string of the molecule is CC(O)c1ccc(NC(=O)C2CCNCC2)c(C(=O)Nc2ccc(Cl)cn2)c1.O=C(O)C(F)(F)F. The second-order valence-corrected chi connectivity index (χ2v) is 8.05. The first-order valence-electron chi connectivity index (χ1n) is 10.4. The van der Waals surface area contributed by atoms with Crippen molar-refractivity contribution in [1.29, 1.82) is 0 Å². The first-order valence-corrected chi connectivity index (χ1v) is 10.8. The predicted octanol–water partition coefficient (Wildman–Crippen LogP) is 3.61. The molecule has 2 heterocycles. The smallest absolute Gasteiger partial charge is 0.475 e. The summed E-state index contributed by atoms with van der Waals surface area (Å²) in [7, 11) is 0. The van der Waals surface area contributed by atoms with Crippen molar-refractivity contribution in [3.8, 4) is 0 Å². The quantitative estimate of drug-likeness (QED) is 0.409. The maximum atomic E-state index is 12.8. The number of rotatable bonds is 5. The van der Waals surface area contributed by atoms with Gasteiger partial charge in [-0.1, -0.05) is 17.7 Å². The highest BCUT2D eigenvalue weighted by molar-refractivity contribution is 6.30. The molecule has 0 spiro atoms. The Labute approximate surface area is 203 Å². The van der Waals surface area contributed by atoms with Crippen LogP contribution < -0.4 is 16.0 Å². The Balaban J connectivity index is 0.000000540. The van der Waals surface area contributed by atoms with Crippen molar-refractivity contribution in [2.24, 2.45) is 5.92 Å². The lowest BCUT2D eigenvalue weighted by molar-refractivity contribution is -0.192. The lowest BCUT2D eigenvalue weighted by Crippen LogP contribution is -2.35. The topological polar surface area (TPSA) is 141 Å². The van der Waals surface area contributed by atoms with Gasteiger partial charge in [-0.15, -0.1) is 0 Å². The number of nitrogens with zero attached hydrogens (tertiary/aromatic N) is 1. The number of aliphatic hydroxyl groups is 1. The van der Waals surface area contributed by atoms with Gasteiger partial charge in [-0.25, -0.2) is 9.78 Å². The number of aromatic nitrogens is 1. The maximum absolute atomic E-state index is 12.8.